The number of carbonyl (C=O) groups is 3. The molecule has 0 fully saturated rings. The predicted molar refractivity (Wildman–Crippen MR) is 158 cm³/mol. The van der Waals surface area contributed by atoms with E-state index in [4.69, 9.17) is 0 Å². The van der Waals surface area contributed by atoms with Gasteiger partial charge in [0.1, 0.15) is 5.78 Å². The van der Waals surface area contributed by atoms with E-state index in [1.807, 2.05) is 30.3 Å². The molecule has 2 aliphatic rings. The fourth-order valence-corrected chi connectivity index (χ4v) is 5.88. The molecule has 0 unspecified atom stereocenters. The van der Waals surface area contributed by atoms with Crippen molar-refractivity contribution >= 4 is 29.0 Å². The Hall–Kier alpha value is -4.40. The van der Waals surface area contributed by atoms with Crippen molar-refractivity contribution in [1.29, 1.82) is 0 Å². The van der Waals surface area contributed by atoms with Crippen LogP contribution in [-0.4, -0.2) is 22.8 Å². The topological polar surface area (TPSA) is 86.7 Å². The van der Waals surface area contributed by atoms with Crippen LogP contribution < -0.4 is 10.2 Å². The van der Waals surface area contributed by atoms with E-state index < -0.39 is 42.0 Å². The molecule has 3 atom stereocenters. The Morgan fingerprint density at radius 1 is 0.884 bits per heavy atom. The van der Waals surface area contributed by atoms with Gasteiger partial charge in [0.2, 0.25) is 5.91 Å². The summed E-state index contributed by atoms with van der Waals surface area (Å²) in [4.78, 5) is 40.6. The number of amides is 1. The molecule has 1 aliphatic heterocycles. The van der Waals surface area contributed by atoms with E-state index in [0.29, 0.717) is 22.6 Å². The first kappa shape index (κ1) is 30.1. The lowest BCUT2D eigenvalue weighted by atomic mass is 9.75. The molecule has 224 valence electrons. The standard InChI is InChI=1S/C34H33F3N2O4/c1-33(2,3)23-12-8-20(9-13-23)22-18-26-31(28(40)19-22)32(21-10-14-24(15-11-21)34(35,36)37)39(29(41)16-17-30(42)43)27-7-5-4-6-25(27)38-26/h4-15,18,22,31-32,38H,16-17,19H2,1-3H3,(H,42,43)/t22-,31+,32+/m1/s1. The summed E-state index contributed by atoms with van der Waals surface area (Å²) in [6.45, 7) is 6.36. The van der Waals surface area contributed by atoms with Crippen molar-refractivity contribution < 1.29 is 32.7 Å². The smallest absolute Gasteiger partial charge is 0.416 e. The number of hydrogen-bond acceptors (Lipinski definition) is 4. The number of nitrogens with one attached hydrogen (secondary N) is 1. The van der Waals surface area contributed by atoms with Crippen LogP contribution in [0.4, 0.5) is 24.5 Å². The van der Waals surface area contributed by atoms with Crippen LogP contribution in [0, 0.1) is 5.92 Å². The lowest BCUT2D eigenvalue weighted by Crippen LogP contribution is -2.42. The predicted octanol–water partition coefficient (Wildman–Crippen LogP) is 7.62. The Morgan fingerprint density at radius 2 is 1.49 bits per heavy atom. The van der Waals surface area contributed by atoms with Crippen LogP contribution in [0.15, 0.2) is 84.6 Å². The largest absolute Gasteiger partial charge is 0.481 e. The van der Waals surface area contributed by atoms with Crippen LogP contribution in [0.25, 0.3) is 0 Å². The van der Waals surface area contributed by atoms with Crippen molar-refractivity contribution in [3.63, 3.8) is 0 Å². The number of halogens is 3. The highest BCUT2D eigenvalue weighted by Crippen LogP contribution is 2.48. The molecule has 1 heterocycles. The van der Waals surface area contributed by atoms with Crippen LogP contribution in [0.1, 0.15) is 74.2 Å². The first-order valence-corrected chi connectivity index (χ1v) is 14.2. The van der Waals surface area contributed by atoms with E-state index in [1.54, 1.807) is 24.3 Å². The highest BCUT2D eigenvalue weighted by atomic mass is 19.4. The van der Waals surface area contributed by atoms with Gasteiger partial charge in [-0.15, -0.1) is 0 Å². The van der Waals surface area contributed by atoms with Gasteiger partial charge >= 0.3 is 12.1 Å². The number of carboxylic acids is 1. The Labute approximate surface area is 248 Å². The van der Waals surface area contributed by atoms with Crippen molar-refractivity contribution in [2.75, 3.05) is 10.2 Å². The number of para-hydroxylation sites is 2. The van der Waals surface area contributed by atoms with Gasteiger partial charge in [-0.05, 0) is 46.4 Å². The number of benzene rings is 3. The summed E-state index contributed by atoms with van der Waals surface area (Å²) in [7, 11) is 0. The maximum absolute atomic E-state index is 14.1. The third-order valence-corrected chi connectivity index (χ3v) is 8.13. The second-order valence-electron chi connectivity index (χ2n) is 12.1. The highest BCUT2D eigenvalue weighted by Gasteiger charge is 2.45. The van der Waals surface area contributed by atoms with Crippen LogP contribution in [0.5, 0.6) is 0 Å². The number of rotatable bonds is 5. The molecular weight excluding hydrogens is 557 g/mol. The normalized spacial score (nSPS) is 20.3. The van der Waals surface area contributed by atoms with Gasteiger partial charge in [0, 0.05) is 24.5 Å². The van der Waals surface area contributed by atoms with E-state index in [1.165, 1.54) is 17.0 Å². The molecule has 0 spiro atoms. The number of ketones is 1. The molecule has 0 radical (unpaired) electrons. The van der Waals surface area contributed by atoms with E-state index in [2.05, 4.69) is 26.1 Å². The van der Waals surface area contributed by atoms with Crippen LogP contribution in [0.2, 0.25) is 0 Å². The van der Waals surface area contributed by atoms with Gasteiger partial charge in [-0.2, -0.15) is 13.2 Å². The summed E-state index contributed by atoms with van der Waals surface area (Å²) in [5.41, 5.74) is 3.06. The number of anilines is 2. The van der Waals surface area contributed by atoms with Gasteiger partial charge in [0.15, 0.2) is 0 Å². The molecule has 9 heteroatoms. The molecule has 3 aromatic rings. The molecule has 0 saturated carbocycles. The molecule has 1 aliphatic carbocycles. The average molecular weight is 591 g/mol. The number of carboxylic acid groups (broad SMARTS) is 1. The number of fused-ring (bicyclic) bond motifs is 2. The van der Waals surface area contributed by atoms with E-state index in [-0.39, 0.29) is 30.0 Å². The van der Waals surface area contributed by atoms with Crippen LogP contribution in [-0.2, 0) is 26.0 Å². The molecule has 0 saturated heterocycles. The van der Waals surface area contributed by atoms with E-state index in [9.17, 15) is 32.7 Å². The molecule has 6 nitrogen and oxygen atoms in total. The zero-order valence-corrected chi connectivity index (χ0v) is 24.1. The Kier molecular flexibility index (Phi) is 7.94. The van der Waals surface area contributed by atoms with Gasteiger partial charge in [-0.3, -0.25) is 14.4 Å². The SMILES string of the molecule is CC(C)(C)c1ccc([C@@H]2C=C3Nc4ccccc4N(C(=O)CCC(=O)O)[C@@H](c4ccc(C(F)(F)F)cc4)[C@@H]3C(=O)C2)cc1. The fraction of sp³-hybridized carbons (Fsp3) is 0.324. The van der Waals surface area contributed by atoms with Gasteiger partial charge < -0.3 is 15.3 Å². The average Bonchev–Trinajstić information content (AvgIpc) is 3.10. The third-order valence-electron chi connectivity index (χ3n) is 8.13. The Balaban J connectivity index is 1.65. The third kappa shape index (κ3) is 6.21. The lowest BCUT2D eigenvalue weighted by molar-refractivity contribution is -0.138. The van der Waals surface area contributed by atoms with Gasteiger partial charge in [0.25, 0.3) is 0 Å². The number of carbonyl (C=O) groups excluding carboxylic acids is 2. The minimum Gasteiger partial charge on any atom is -0.481 e. The Bertz CT molecular complexity index is 1570. The van der Waals surface area contributed by atoms with Gasteiger partial charge in [-0.1, -0.05) is 75.4 Å². The molecule has 0 bridgehead atoms. The zero-order valence-electron chi connectivity index (χ0n) is 24.1. The monoisotopic (exact) mass is 590 g/mol. The second kappa shape index (κ2) is 11.4. The number of allylic oxidation sites excluding steroid dienone is 1. The lowest BCUT2D eigenvalue weighted by Gasteiger charge is -2.37. The molecule has 5 rings (SSSR count). The number of alkyl halides is 3. The first-order chi connectivity index (χ1) is 20.2. The number of aliphatic carboxylic acids is 1. The maximum Gasteiger partial charge on any atom is 0.416 e. The Morgan fingerprint density at radius 3 is 2.09 bits per heavy atom. The molecule has 3 aromatic carbocycles. The van der Waals surface area contributed by atoms with Crippen LogP contribution in [0.3, 0.4) is 0 Å². The van der Waals surface area contributed by atoms with Crippen LogP contribution >= 0.6 is 0 Å². The van der Waals surface area contributed by atoms with Crippen molar-refractivity contribution in [3.05, 3.63) is 107 Å². The summed E-state index contributed by atoms with van der Waals surface area (Å²) in [6, 6.07) is 18.5. The molecule has 43 heavy (non-hydrogen) atoms. The molecule has 2 N–H and O–H groups in total. The van der Waals surface area contributed by atoms with Crippen molar-refractivity contribution in [2.24, 2.45) is 5.92 Å². The van der Waals surface area contributed by atoms with E-state index in [0.717, 1.165) is 23.3 Å². The van der Waals surface area contributed by atoms with Crippen molar-refractivity contribution in [1.82, 2.24) is 0 Å². The van der Waals surface area contributed by atoms with Gasteiger partial charge in [-0.25, -0.2) is 0 Å². The minimum absolute atomic E-state index is 0.0391. The number of nitrogens with zero attached hydrogens (tertiary/aromatic N) is 1. The maximum atomic E-state index is 14.1. The highest BCUT2D eigenvalue weighted by molar-refractivity contribution is 6.02. The summed E-state index contributed by atoms with van der Waals surface area (Å²) >= 11 is 0. The fourth-order valence-electron chi connectivity index (χ4n) is 5.88. The number of hydrogen-bond donors (Lipinski definition) is 2. The molecule has 1 amide bonds. The summed E-state index contributed by atoms with van der Waals surface area (Å²) in [5.74, 6) is -3.05. The second-order valence-corrected chi connectivity index (χ2v) is 12.1. The van der Waals surface area contributed by atoms with Crippen molar-refractivity contribution in [3.8, 4) is 0 Å². The van der Waals surface area contributed by atoms with Gasteiger partial charge in [0.05, 0.1) is 35.3 Å². The summed E-state index contributed by atoms with van der Waals surface area (Å²) < 4.78 is 40.3. The summed E-state index contributed by atoms with van der Waals surface area (Å²) in [6.07, 6.45) is -3.23. The van der Waals surface area contributed by atoms with E-state index >= 15 is 0 Å². The quantitative estimate of drug-likeness (QED) is 0.319. The molecule has 0 aromatic heterocycles. The first-order valence-electron chi connectivity index (χ1n) is 14.2. The minimum atomic E-state index is -4.56. The molecular formula is C34H33F3N2O4. The number of Topliss-reactive ketones (excluding diaryl/α,β-unsaturated/α-hetero) is 1. The summed E-state index contributed by atoms with van der Waals surface area (Å²) in [5, 5.41) is 12.6. The zero-order chi connectivity index (χ0) is 31.1. The van der Waals surface area contributed by atoms with Crippen molar-refractivity contribution in [2.45, 2.75) is 63.6 Å².